The van der Waals surface area contributed by atoms with Gasteiger partial charge in [-0.2, -0.15) is 0 Å². The summed E-state index contributed by atoms with van der Waals surface area (Å²) in [5.74, 6) is 0.660. The Kier molecular flexibility index (Phi) is 8.38. The Morgan fingerprint density at radius 1 is 1.21 bits per heavy atom. The molecule has 0 spiro atoms. The maximum absolute atomic E-state index is 5.56. The van der Waals surface area contributed by atoms with E-state index in [2.05, 4.69) is 24.1 Å². The van der Waals surface area contributed by atoms with Crippen molar-refractivity contribution in [3.05, 3.63) is 29.6 Å². The fraction of sp³-hybridized carbons (Fsp3) is 0.667. The average Bonchev–Trinajstić information content (AvgIpc) is 2.39. The molecule has 0 atom stereocenters. The summed E-state index contributed by atoms with van der Waals surface area (Å²) in [6, 6.07) is 6.08. The number of methoxy groups -OCH3 is 1. The lowest BCUT2D eigenvalue weighted by Gasteiger charge is -2.08. The zero-order valence-corrected chi connectivity index (χ0v) is 12.3. The van der Waals surface area contributed by atoms with Crippen LogP contribution in [0.1, 0.15) is 31.7 Å². The van der Waals surface area contributed by atoms with E-state index in [1.165, 1.54) is 0 Å². The number of rotatable bonds is 10. The normalized spacial score (nSPS) is 11.2. The number of ether oxygens (including phenoxy) is 2. The number of pyridine rings is 1. The van der Waals surface area contributed by atoms with Gasteiger partial charge in [0.25, 0.3) is 0 Å². The van der Waals surface area contributed by atoms with Crippen molar-refractivity contribution in [1.82, 2.24) is 10.3 Å². The highest BCUT2D eigenvalue weighted by Crippen LogP contribution is 2.02. The number of hydrogen-bond donors (Lipinski definition) is 1. The zero-order chi connectivity index (χ0) is 13.9. The number of nitrogens with one attached hydrogen (secondary N) is 1. The summed E-state index contributed by atoms with van der Waals surface area (Å²) >= 11 is 0. The number of hydrogen-bond acceptors (Lipinski definition) is 4. The van der Waals surface area contributed by atoms with Crippen LogP contribution in [0, 0.1) is 5.92 Å². The van der Waals surface area contributed by atoms with E-state index in [1.54, 1.807) is 7.11 Å². The molecule has 0 saturated carbocycles. The van der Waals surface area contributed by atoms with Gasteiger partial charge >= 0.3 is 0 Å². The summed E-state index contributed by atoms with van der Waals surface area (Å²) in [5, 5.41) is 3.39. The van der Waals surface area contributed by atoms with E-state index in [-0.39, 0.29) is 0 Å². The Hall–Kier alpha value is -0.970. The minimum atomic E-state index is 0.571. The van der Waals surface area contributed by atoms with Gasteiger partial charge in [0.1, 0.15) is 0 Å². The largest absolute Gasteiger partial charge is 0.385 e. The van der Waals surface area contributed by atoms with Gasteiger partial charge in [0.05, 0.1) is 18.0 Å². The van der Waals surface area contributed by atoms with Crippen molar-refractivity contribution in [3.8, 4) is 0 Å². The van der Waals surface area contributed by atoms with E-state index in [9.17, 15) is 0 Å². The molecule has 0 saturated heterocycles. The van der Waals surface area contributed by atoms with E-state index >= 15 is 0 Å². The molecule has 4 heteroatoms. The maximum atomic E-state index is 5.56. The van der Waals surface area contributed by atoms with E-state index in [4.69, 9.17) is 9.47 Å². The molecular weight excluding hydrogens is 240 g/mol. The lowest BCUT2D eigenvalue weighted by atomic mass is 10.2. The van der Waals surface area contributed by atoms with Gasteiger partial charge in [-0.3, -0.25) is 4.98 Å². The summed E-state index contributed by atoms with van der Waals surface area (Å²) < 4.78 is 10.5. The highest BCUT2D eigenvalue weighted by atomic mass is 16.5. The van der Waals surface area contributed by atoms with Crippen molar-refractivity contribution >= 4 is 0 Å². The van der Waals surface area contributed by atoms with Crippen molar-refractivity contribution in [3.63, 3.8) is 0 Å². The molecule has 0 bridgehead atoms. The van der Waals surface area contributed by atoms with Crippen LogP contribution in [-0.4, -0.2) is 31.9 Å². The molecule has 0 fully saturated rings. The molecule has 108 valence electrons. The summed E-state index contributed by atoms with van der Waals surface area (Å²) in [5.41, 5.74) is 2.06. The summed E-state index contributed by atoms with van der Waals surface area (Å²) in [7, 11) is 1.70. The quantitative estimate of drug-likeness (QED) is 0.660. The van der Waals surface area contributed by atoms with Gasteiger partial charge < -0.3 is 14.8 Å². The van der Waals surface area contributed by atoms with E-state index in [0.717, 1.165) is 37.5 Å². The van der Waals surface area contributed by atoms with Crippen molar-refractivity contribution in [2.24, 2.45) is 5.92 Å². The molecule has 4 nitrogen and oxygen atoms in total. The van der Waals surface area contributed by atoms with Gasteiger partial charge in [-0.15, -0.1) is 0 Å². The van der Waals surface area contributed by atoms with Crippen molar-refractivity contribution < 1.29 is 9.47 Å². The topological polar surface area (TPSA) is 43.4 Å². The van der Waals surface area contributed by atoms with Gasteiger partial charge in [0, 0.05) is 26.9 Å². The van der Waals surface area contributed by atoms with Crippen LogP contribution in [0.5, 0.6) is 0 Å². The Morgan fingerprint density at radius 3 is 2.74 bits per heavy atom. The fourth-order valence-corrected chi connectivity index (χ4v) is 1.68. The first kappa shape index (κ1) is 16.1. The standard InChI is InChI=1S/C15H26N2O2/c1-13(2)10-16-11-14-6-4-7-15(17-14)12-19-9-5-8-18-3/h4,6-7,13,16H,5,8-12H2,1-3H3. The lowest BCUT2D eigenvalue weighted by Crippen LogP contribution is -2.19. The van der Waals surface area contributed by atoms with Crippen LogP contribution >= 0.6 is 0 Å². The molecule has 0 aliphatic heterocycles. The molecular formula is C15H26N2O2. The molecule has 1 N–H and O–H groups in total. The molecule has 0 unspecified atom stereocenters. The third-order valence-corrected chi connectivity index (χ3v) is 2.61. The molecule has 0 aliphatic rings. The molecule has 0 aliphatic carbocycles. The average molecular weight is 266 g/mol. The predicted octanol–water partition coefficient (Wildman–Crippen LogP) is 2.38. The SMILES string of the molecule is COCCCOCc1cccc(CNCC(C)C)n1. The molecule has 1 heterocycles. The van der Waals surface area contributed by atoms with Gasteiger partial charge in [-0.05, 0) is 31.0 Å². The lowest BCUT2D eigenvalue weighted by molar-refractivity contribution is 0.0909. The maximum Gasteiger partial charge on any atom is 0.0887 e. The van der Waals surface area contributed by atoms with Gasteiger partial charge in [0.2, 0.25) is 0 Å². The third-order valence-electron chi connectivity index (χ3n) is 2.61. The summed E-state index contributed by atoms with van der Waals surface area (Å²) in [6.45, 7) is 8.25. The van der Waals surface area contributed by atoms with Crippen LogP contribution in [0.25, 0.3) is 0 Å². The highest BCUT2D eigenvalue weighted by molar-refractivity contribution is 5.10. The van der Waals surface area contributed by atoms with Crippen molar-refractivity contribution in [2.75, 3.05) is 26.9 Å². The second kappa shape index (κ2) is 9.89. The minimum absolute atomic E-state index is 0.571. The van der Waals surface area contributed by atoms with Crippen LogP contribution in [0.4, 0.5) is 0 Å². The molecule has 0 amide bonds. The monoisotopic (exact) mass is 266 g/mol. The molecule has 1 aromatic rings. The summed E-state index contributed by atoms with van der Waals surface area (Å²) in [6.07, 6.45) is 0.923. The smallest absolute Gasteiger partial charge is 0.0887 e. The second-order valence-electron chi connectivity index (χ2n) is 5.04. The van der Waals surface area contributed by atoms with Gasteiger partial charge in [0.15, 0.2) is 0 Å². The molecule has 0 aromatic carbocycles. The number of aromatic nitrogens is 1. The number of nitrogens with zero attached hydrogens (tertiary/aromatic N) is 1. The second-order valence-corrected chi connectivity index (χ2v) is 5.04. The fourth-order valence-electron chi connectivity index (χ4n) is 1.68. The van der Waals surface area contributed by atoms with Crippen LogP contribution in [0.15, 0.2) is 18.2 Å². The van der Waals surface area contributed by atoms with E-state index in [0.29, 0.717) is 19.1 Å². The van der Waals surface area contributed by atoms with Crippen LogP contribution in [-0.2, 0) is 22.6 Å². The van der Waals surface area contributed by atoms with E-state index < -0.39 is 0 Å². The molecule has 19 heavy (non-hydrogen) atoms. The Labute approximate surface area is 116 Å². The van der Waals surface area contributed by atoms with Crippen LogP contribution in [0.3, 0.4) is 0 Å². The van der Waals surface area contributed by atoms with Gasteiger partial charge in [-0.25, -0.2) is 0 Å². The minimum Gasteiger partial charge on any atom is -0.385 e. The summed E-state index contributed by atoms with van der Waals surface area (Å²) in [4.78, 5) is 4.57. The first-order chi connectivity index (χ1) is 9.22. The first-order valence-electron chi connectivity index (χ1n) is 6.94. The zero-order valence-electron chi connectivity index (χ0n) is 12.3. The molecule has 1 aromatic heterocycles. The van der Waals surface area contributed by atoms with Gasteiger partial charge in [-0.1, -0.05) is 19.9 Å². The Bertz CT molecular complexity index is 343. The van der Waals surface area contributed by atoms with Crippen molar-refractivity contribution in [2.45, 2.75) is 33.4 Å². The predicted molar refractivity (Wildman–Crippen MR) is 76.9 cm³/mol. The van der Waals surface area contributed by atoms with Crippen molar-refractivity contribution in [1.29, 1.82) is 0 Å². The van der Waals surface area contributed by atoms with E-state index in [1.807, 2.05) is 18.2 Å². The molecule has 1 rings (SSSR count). The molecule has 0 radical (unpaired) electrons. The first-order valence-corrected chi connectivity index (χ1v) is 6.94. The third kappa shape index (κ3) is 7.93. The Balaban J connectivity index is 2.27. The van der Waals surface area contributed by atoms with Crippen LogP contribution < -0.4 is 5.32 Å². The van der Waals surface area contributed by atoms with Crippen LogP contribution in [0.2, 0.25) is 0 Å². The Morgan fingerprint density at radius 2 is 2.00 bits per heavy atom. The highest BCUT2D eigenvalue weighted by Gasteiger charge is 1.99.